The Kier molecular flexibility index (Phi) is 8.81. The summed E-state index contributed by atoms with van der Waals surface area (Å²) in [6.45, 7) is 7.41. The number of ether oxygens (including phenoxy) is 1. The Morgan fingerprint density at radius 1 is 1.03 bits per heavy atom. The number of piperazine rings is 1. The molecule has 3 aromatic carbocycles. The molecule has 0 spiro atoms. The molecule has 0 aromatic heterocycles. The first-order chi connectivity index (χ1) is 17.5. The molecular formula is C28H31ClN4O3. The van der Waals surface area contributed by atoms with Crippen molar-refractivity contribution in [2.75, 3.05) is 44.6 Å². The SMILES string of the molecule is Cc1ccc(CN=C(Nc2cccc(C(=O)O)c2)N2CCN(CCOc3ccc(Cl)cc3)CC2)cc1. The first kappa shape index (κ1) is 25.5. The van der Waals surface area contributed by atoms with E-state index in [-0.39, 0.29) is 5.56 Å². The molecule has 188 valence electrons. The first-order valence-corrected chi connectivity index (χ1v) is 12.4. The smallest absolute Gasteiger partial charge is 0.335 e. The van der Waals surface area contributed by atoms with E-state index in [9.17, 15) is 9.90 Å². The number of anilines is 1. The number of hydrogen-bond acceptors (Lipinski definition) is 4. The van der Waals surface area contributed by atoms with Gasteiger partial charge in [-0.2, -0.15) is 0 Å². The molecule has 0 unspecified atom stereocenters. The van der Waals surface area contributed by atoms with Crippen molar-refractivity contribution in [2.45, 2.75) is 13.5 Å². The van der Waals surface area contributed by atoms with Crippen molar-refractivity contribution >= 4 is 29.2 Å². The number of aliphatic imine (C=N–C) groups is 1. The first-order valence-electron chi connectivity index (χ1n) is 12.0. The van der Waals surface area contributed by atoms with Crippen molar-refractivity contribution in [1.82, 2.24) is 9.80 Å². The fraction of sp³-hybridized carbons (Fsp3) is 0.286. The predicted octanol–water partition coefficient (Wildman–Crippen LogP) is 5.01. The molecule has 1 fully saturated rings. The number of halogens is 1. The van der Waals surface area contributed by atoms with E-state index in [0.29, 0.717) is 23.9 Å². The van der Waals surface area contributed by atoms with Gasteiger partial charge in [0.05, 0.1) is 12.1 Å². The Bertz CT molecular complexity index is 1170. The van der Waals surface area contributed by atoms with Crippen LogP contribution in [-0.2, 0) is 6.54 Å². The summed E-state index contributed by atoms with van der Waals surface area (Å²) in [5, 5.41) is 13.4. The van der Waals surface area contributed by atoms with E-state index >= 15 is 0 Å². The van der Waals surface area contributed by atoms with Crippen molar-refractivity contribution in [2.24, 2.45) is 4.99 Å². The minimum atomic E-state index is -0.953. The summed E-state index contributed by atoms with van der Waals surface area (Å²) in [7, 11) is 0. The van der Waals surface area contributed by atoms with E-state index in [1.165, 1.54) is 5.56 Å². The average Bonchev–Trinajstić information content (AvgIpc) is 2.89. The van der Waals surface area contributed by atoms with E-state index in [0.717, 1.165) is 50.0 Å². The summed E-state index contributed by atoms with van der Waals surface area (Å²) in [5.41, 5.74) is 3.28. The van der Waals surface area contributed by atoms with Gasteiger partial charge >= 0.3 is 5.97 Å². The molecule has 1 aliphatic rings. The zero-order valence-electron chi connectivity index (χ0n) is 20.4. The molecule has 0 atom stereocenters. The standard InChI is InChI=1S/C28H31ClN4O3/c1-21-5-7-22(8-6-21)20-30-28(31-25-4-2-3-23(19-25)27(34)35)33-15-13-32(14-16-33)17-18-36-26-11-9-24(29)10-12-26/h2-12,19H,13-18,20H2,1H3,(H,30,31)(H,34,35). The van der Waals surface area contributed by atoms with Crippen LogP contribution in [0.5, 0.6) is 5.75 Å². The molecule has 7 nitrogen and oxygen atoms in total. The van der Waals surface area contributed by atoms with E-state index < -0.39 is 5.97 Å². The number of carboxylic acids is 1. The maximum absolute atomic E-state index is 11.4. The third kappa shape index (κ3) is 7.47. The van der Waals surface area contributed by atoms with Gasteiger partial charge in [-0.15, -0.1) is 0 Å². The van der Waals surface area contributed by atoms with E-state index in [2.05, 4.69) is 46.3 Å². The van der Waals surface area contributed by atoms with Crippen LogP contribution in [-0.4, -0.2) is 66.2 Å². The minimum Gasteiger partial charge on any atom is -0.492 e. The van der Waals surface area contributed by atoms with Crippen molar-refractivity contribution < 1.29 is 14.6 Å². The number of benzene rings is 3. The quantitative estimate of drug-likeness (QED) is 0.330. The fourth-order valence-electron chi connectivity index (χ4n) is 3.94. The monoisotopic (exact) mass is 506 g/mol. The molecule has 0 radical (unpaired) electrons. The number of aromatic carboxylic acids is 1. The van der Waals surface area contributed by atoms with Gasteiger partial charge in [-0.05, 0) is 55.0 Å². The summed E-state index contributed by atoms with van der Waals surface area (Å²) in [6.07, 6.45) is 0. The van der Waals surface area contributed by atoms with Crippen LogP contribution in [0, 0.1) is 6.92 Å². The van der Waals surface area contributed by atoms with Gasteiger partial charge in [0, 0.05) is 43.4 Å². The molecule has 2 N–H and O–H groups in total. The lowest BCUT2D eigenvalue weighted by Gasteiger charge is -2.36. The third-order valence-electron chi connectivity index (χ3n) is 6.06. The summed E-state index contributed by atoms with van der Waals surface area (Å²) < 4.78 is 5.85. The van der Waals surface area contributed by atoms with Crippen LogP contribution in [0.1, 0.15) is 21.5 Å². The van der Waals surface area contributed by atoms with Gasteiger partial charge in [-0.3, -0.25) is 4.90 Å². The zero-order chi connectivity index (χ0) is 25.3. The molecule has 0 saturated carbocycles. The Morgan fingerprint density at radius 2 is 1.75 bits per heavy atom. The Morgan fingerprint density at radius 3 is 2.44 bits per heavy atom. The Labute approximate surface area is 217 Å². The largest absolute Gasteiger partial charge is 0.492 e. The van der Waals surface area contributed by atoms with Gasteiger partial charge in [-0.25, -0.2) is 9.79 Å². The second kappa shape index (κ2) is 12.4. The topological polar surface area (TPSA) is 77.4 Å². The Hall–Kier alpha value is -3.55. The van der Waals surface area contributed by atoms with Crippen LogP contribution in [0.3, 0.4) is 0 Å². The summed E-state index contributed by atoms with van der Waals surface area (Å²) in [5.74, 6) is 0.609. The summed E-state index contributed by atoms with van der Waals surface area (Å²) in [4.78, 5) is 20.9. The third-order valence-corrected chi connectivity index (χ3v) is 6.31. The van der Waals surface area contributed by atoms with Gasteiger partial charge in [0.15, 0.2) is 5.96 Å². The lowest BCUT2D eigenvalue weighted by molar-refractivity contribution is 0.0697. The second-order valence-electron chi connectivity index (χ2n) is 8.77. The highest BCUT2D eigenvalue weighted by Crippen LogP contribution is 2.16. The van der Waals surface area contributed by atoms with E-state index in [4.69, 9.17) is 21.3 Å². The number of carbonyl (C=O) groups is 1. The molecule has 0 aliphatic carbocycles. The van der Waals surface area contributed by atoms with Gasteiger partial charge in [0.25, 0.3) is 0 Å². The van der Waals surface area contributed by atoms with Gasteiger partial charge in [0.1, 0.15) is 12.4 Å². The van der Waals surface area contributed by atoms with Gasteiger partial charge in [0.2, 0.25) is 0 Å². The van der Waals surface area contributed by atoms with Crippen LogP contribution in [0.25, 0.3) is 0 Å². The number of nitrogens with one attached hydrogen (secondary N) is 1. The molecule has 3 aromatic rings. The van der Waals surface area contributed by atoms with Crippen LogP contribution in [0.4, 0.5) is 5.69 Å². The van der Waals surface area contributed by atoms with Crippen LogP contribution >= 0.6 is 11.6 Å². The molecule has 1 aliphatic heterocycles. The maximum Gasteiger partial charge on any atom is 0.335 e. The lowest BCUT2D eigenvalue weighted by atomic mass is 10.1. The molecule has 0 amide bonds. The minimum absolute atomic E-state index is 0.239. The maximum atomic E-state index is 11.4. The van der Waals surface area contributed by atoms with Gasteiger partial charge in [-0.1, -0.05) is 47.5 Å². The summed E-state index contributed by atoms with van der Waals surface area (Å²) >= 11 is 5.93. The number of nitrogens with zero attached hydrogens (tertiary/aromatic N) is 3. The number of rotatable bonds is 8. The molecule has 1 saturated heterocycles. The highest BCUT2D eigenvalue weighted by molar-refractivity contribution is 6.30. The number of guanidine groups is 1. The summed E-state index contributed by atoms with van der Waals surface area (Å²) in [6, 6.07) is 22.6. The molecule has 8 heteroatoms. The fourth-order valence-corrected chi connectivity index (χ4v) is 4.07. The number of aryl methyl sites for hydroxylation is 1. The molecule has 0 bridgehead atoms. The second-order valence-corrected chi connectivity index (χ2v) is 9.20. The number of hydrogen-bond donors (Lipinski definition) is 2. The highest BCUT2D eigenvalue weighted by Gasteiger charge is 2.20. The normalized spacial score (nSPS) is 14.5. The molecule has 1 heterocycles. The zero-order valence-corrected chi connectivity index (χ0v) is 21.1. The van der Waals surface area contributed by atoms with Crippen molar-refractivity contribution in [3.63, 3.8) is 0 Å². The van der Waals surface area contributed by atoms with E-state index in [1.54, 1.807) is 18.2 Å². The van der Waals surface area contributed by atoms with Gasteiger partial charge < -0.3 is 20.1 Å². The van der Waals surface area contributed by atoms with Crippen molar-refractivity contribution in [1.29, 1.82) is 0 Å². The lowest BCUT2D eigenvalue weighted by Crippen LogP contribution is -2.51. The predicted molar refractivity (Wildman–Crippen MR) is 144 cm³/mol. The molecule has 4 rings (SSSR count). The van der Waals surface area contributed by atoms with Crippen LogP contribution < -0.4 is 10.1 Å². The molecular weight excluding hydrogens is 476 g/mol. The Balaban J connectivity index is 1.38. The molecule has 36 heavy (non-hydrogen) atoms. The number of carboxylic acid groups (broad SMARTS) is 1. The highest BCUT2D eigenvalue weighted by atomic mass is 35.5. The van der Waals surface area contributed by atoms with Crippen molar-refractivity contribution in [3.05, 3.63) is 94.5 Å². The van der Waals surface area contributed by atoms with Crippen LogP contribution in [0.15, 0.2) is 77.8 Å². The van der Waals surface area contributed by atoms with Crippen LogP contribution in [0.2, 0.25) is 5.02 Å². The average molecular weight is 507 g/mol. The van der Waals surface area contributed by atoms with E-state index in [1.807, 2.05) is 30.3 Å². The van der Waals surface area contributed by atoms with Crippen molar-refractivity contribution in [3.8, 4) is 5.75 Å².